The molecule has 0 atom stereocenters. The van der Waals surface area contributed by atoms with E-state index in [1.165, 1.54) is 44.9 Å². The van der Waals surface area contributed by atoms with Crippen LogP contribution >= 0.6 is 0 Å². The van der Waals surface area contributed by atoms with Gasteiger partial charge in [-0.3, -0.25) is 9.69 Å². The number of unbranched alkanes of at least 4 members (excludes halogenated alkanes) is 1. The number of ketones is 1. The van der Waals surface area contributed by atoms with Crippen LogP contribution in [0.1, 0.15) is 64.7 Å². The minimum absolute atomic E-state index is 0.395. The number of Topliss-reactive ketones (excluding diaryl/α,β-unsaturated/α-hetero) is 1. The van der Waals surface area contributed by atoms with Crippen LogP contribution in [-0.2, 0) is 4.79 Å². The molecule has 2 aliphatic carbocycles. The Morgan fingerprint density at radius 3 is 2.41 bits per heavy atom. The maximum atomic E-state index is 12.3. The fraction of sp³-hybridized carbons (Fsp3) is 0.933. The van der Waals surface area contributed by atoms with Crippen LogP contribution in [0.2, 0.25) is 0 Å². The van der Waals surface area contributed by atoms with E-state index in [9.17, 15) is 4.79 Å². The fourth-order valence-electron chi connectivity index (χ4n) is 2.95. The molecule has 0 aromatic rings. The predicted octanol–water partition coefficient (Wildman–Crippen LogP) is 3.40. The maximum Gasteiger partial charge on any atom is 0.149 e. The Morgan fingerprint density at radius 1 is 1.12 bits per heavy atom. The van der Waals surface area contributed by atoms with Crippen LogP contribution in [0.3, 0.4) is 0 Å². The third-order valence-corrected chi connectivity index (χ3v) is 4.28. The van der Waals surface area contributed by atoms with E-state index in [0.29, 0.717) is 11.7 Å². The van der Waals surface area contributed by atoms with Crippen LogP contribution in [0, 0.1) is 5.92 Å². The summed E-state index contributed by atoms with van der Waals surface area (Å²) in [5, 5.41) is 0. The highest BCUT2D eigenvalue weighted by molar-refractivity contribution is 5.83. The fourth-order valence-corrected chi connectivity index (χ4v) is 2.95. The van der Waals surface area contributed by atoms with Crippen LogP contribution in [0.25, 0.3) is 0 Å². The number of carbonyl (C=O) groups is 1. The van der Waals surface area contributed by atoms with E-state index in [2.05, 4.69) is 11.8 Å². The Hall–Kier alpha value is -0.370. The van der Waals surface area contributed by atoms with Gasteiger partial charge in [-0.15, -0.1) is 0 Å². The molecule has 0 bridgehead atoms. The zero-order valence-electron chi connectivity index (χ0n) is 11.3. The van der Waals surface area contributed by atoms with Gasteiger partial charge < -0.3 is 0 Å². The van der Waals surface area contributed by atoms with E-state index in [-0.39, 0.29) is 0 Å². The van der Waals surface area contributed by atoms with Gasteiger partial charge in [0.2, 0.25) is 0 Å². The van der Waals surface area contributed by atoms with E-state index >= 15 is 0 Å². The largest absolute Gasteiger partial charge is 0.298 e. The van der Waals surface area contributed by atoms with Crippen molar-refractivity contribution in [3.05, 3.63) is 0 Å². The summed E-state index contributed by atoms with van der Waals surface area (Å²) in [6, 6.07) is 0.745. The second-order valence-electron chi connectivity index (χ2n) is 5.86. The highest BCUT2D eigenvalue weighted by Gasteiger charge is 2.31. The molecule has 98 valence electrons. The van der Waals surface area contributed by atoms with Crippen molar-refractivity contribution in [1.29, 1.82) is 0 Å². The van der Waals surface area contributed by atoms with Gasteiger partial charge in [0, 0.05) is 12.0 Å². The summed E-state index contributed by atoms with van der Waals surface area (Å²) in [6.45, 7) is 4.11. The van der Waals surface area contributed by atoms with Crippen molar-refractivity contribution in [3.63, 3.8) is 0 Å². The lowest BCUT2D eigenvalue weighted by atomic mass is 9.86. The van der Waals surface area contributed by atoms with Gasteiger partial charge in [-0.1, -0.05) is 32.6 Å². The molecule has 2 heteroatoms. The normalized spacial score (nSPS) is 22.0. The van der Waals surface area contributed by atoms with E-state index in [1.807, 2.05) is 0 Å². The quantitative estimate of drug-likeness (QED) is 0.676. The summed E-state index contributed by atoms with van der Waals surface area (Å²) < 4.78 is 0. The van der Waals surface area contributed by atoms with Gasteiger partial charge >= 0.3 is 0 Å². The molecule has 2 nitrogen and oxygen atoms in total. The Balaban J connectivity index is 1.77. The van der Waals surface area contributed by atoms with E-state index in [1.54, 1.807) is 0 Å². The average molecular weight is 237 g/mol. The molecule has 2 fully saturated rings. The lowest BCUT2D eigenvalue weighted by molar-refractivity contribution is -0.125. The molecule has 2 saturated carbocycles. The van der Waals surface area contributed by atoms with Gasteiger partial charge in [-0.2, -0.15) is 0 Å². The molecule has 0 aromatic heterocycles. The molecule has 0 radical (unpaired) electrons. The number of nitrogens with zero attached hydrogens (tertiary/aromatic N) is 1. The Kier molecular flexibility index (Phi) is 5.02. The van der Waals surface area contributed by atoms with Crippen molar-refractivity contribution in [1.82, 2.24) is 4.90 Å². The molecule has 0 N–H and O–H groups in total. The van der Waals surface area contributed by atoms with E-state index in [0.717, 1.165) is 32.0 Å². The summed E-state index contributed by atoms with van der Waals surface area (Å²) in [4.78, 5) is 14.7. The third kappa shape index (κ3) is 4.09. The second kappa shape index (κ2) is 6.53. The summed E-state index contributed by atoms with van der Waals surface area (Å²) in [5.74, 6) is 0.930. The highest BCUT2D eigenvalue weighted by Crippen LogP contribution is 2.29. The molecule has 0 amide bonds. The molecule has 0 spiro atoms. The van der Waals surface area contributed by atoms with Gasteiger partial charge in [0.1, 0.15) is 5.78 Å². The number of rotatable bonds is 7. The second-order valence-corrected chi connectivity index (χ2v) is 5.86. The van der Waals surface area contributed by atoms with Gasteiger partial charge in [0.05, 0.1) is 6.54 Å². The van der Waals surface area contributed by atoms with Crippen molar-refractivity contribution in [2.45, 2.75) is 70.8 Å². The monoisotopic (exact) mass is 237 g/mol. The molecule has 0 unspecified atom stereocenters. The summed E-state index contributed by atoms with van der Waals surface area (Å²) in [5.41, 5.74) is 0. The molecule has 0 aliphatic heterocycles. The minimum atomic E-state index is 0.395. The predicted molar refractivity (Wildman–Crippen MR) is 71.1 cm³/mol. The number of hydrogen-bond acceptors (Lipinski definition) is 2. The molecular weight excluding hydrogens is 210 g/mol. The van der Waals surface area contributed by atoms with Gasteiger partial charge in [0.15, 0.2) is 0 Å². The zero-order chi connectivity index (χ0) is 12.1. The standard InChI is InChI=1S/C15H27NO/c1-2-3-11-16(14-9-10-14)12-15(17)13-7-5-4-6-8-13/h13-14H,2-12H2,1H3. The van der Waals surface area contributed by atoms with Crippen molar-refractivity contribution in [3.8, 4) is 0 Å². The average Bonchev–Trinajstić information content (AvgIpc) is 3.19. The van der Waals surface area contributed by atoms with Crippen LogP contribution in [0.15, 0.2) is 0 Å². The summed E-state index contributed by atoms with van der Waals surface area (Å²) in [6.07, 6.45) is 11.3. The lowest BCUT2D eigenvalue weighted by Gasteiger charge is -2.26. The van der Waals surface area contributed by atoms with Crippen LogP contribution in [0.5, 0.6) is 0 Å². The van der Waals surface area contributed by atoms with Gasteiger partial charge in [0.25, 0.3) is 0 Å². The molecule has 0 aromatic carbocycles. The van der Waals surface area contributed by atoms with Crippen molar-refractivity contribution < 1.29 is 4.79 Å². The van der Waals surface area contributed by atoms with Gasteiger partial charge in [-0.25, -0.2) is 0 Å². The molecule has 0 saturated heterocycles. The van der Waals surface area contributed by atoms with Crippen molar-refractivity contribution in [2.24, 2.45) is 5.92 Å². The first-order chi connectivity index (χ1) is 8.31. The first kappa shape index (κ1) is 13.1. The molecule has 0 heterocycles. The summed E-state index contributed by atoms with van der Waals surface area (Å²) >= 11 is 0. The Labute approximate surface area is 106 Å². The third-order valence-electron chi connectivity index (χ3n) is 4.28. The highest BCUT2D eigenvalue weighted by atomic mass is 16.1. The number of carbonyl (C=O) groups excluding carboxylic acids is 1. The molecule has 2 rings (SSSR count). The first-order valence-electron chi connectivity index (χ1n) is 7.58. The molecule has 17 heavy (non-hydrogen) atoms. The topological polar surface area (TPSA) is 20.3 Å². The van der Waals surface area contributed by atoms with Crippen LogP contribution < -0.4 is 0 Å². The maximum absolute atomic E-state index is 12.3. The van der Waals surface area contributed by atoms with Crippen LogP contribution in [0.4, 0.5) is 0 Å². The van der Waals surface area contributed by atoms with Gasteiger partial charge in [-0.05, 0) is 38.6 Å². The Bertz CT molecular complexity index is 241. The first-order valence-corrected chi connectivity index (χ1v) is 7.58. The lowest BCUT2D eigenvalue weighted by Crippen LogP contribution is -2.36. The molecular formula is C15H27NO. The van der Waals surface area contributed by atoms with Crippen molar-refractivity contribution in [2.75, 3.05) is 13.1 Å². The number of hydrogen-bond donors (Lipinski definition) is 0. The zero-order valence-corrected chi connectivity index (χ0v) is 11.3. The van der Waals surface area contributed by atoms with E-state index in [4.69, 9.17) is 0 Å². The SMILES string of the molecule is CCCCN(CC(=O)C1CCCCC1)C1CC1. The van der Waals surface area contributed by atoms with E-state index < -0.39 is 0 Å². The van der Waals surface area contributed by atoms with Crippen molar-refractivity contribution >= 4 is 5.78 Å². The summed E-state index contributed by atoms with van der Waals surface area (Å²) in [7, 11) is 0. The molecule has 2 aliphatic rings. The Morgan fingerprint density at radius 2 is 1.82 bits per heavy atom. The van der Waals surface area contributed by atoms with Crippen LogP contribution in [-0.4, -0.2) is 29.8 Å². The smallest absolute Gasteiger partial charge is 0.149 e. The minimum Gasteiger partial charge on any atom is -0.298 e.